The number of fused-ring (bicyclic) bond motifs is 4. The van der Waals surface area contributed by atoms with Crippen molar-refractivity contribution in [3.05, 3.63) is 69.9 Å². The standard InChI is InChI=1S/C20H20N2/c1-10-17(2)14(19(10,17)21)6-4-5-11-9-15-18(3)16(20(15,18)22)13-8-7-12(11)13/h4-6,9H,1,7-8,21-22H2,2-3H3/b5-4+,14-6-. The molecule has 0 aromatic carbocycles. The van der Waals surface area contributed by atoms with Gasteiger partial charge in [-0.2, -0.15) is 0 Å². The molecule has 0 aromatic rings. The fraction of sp³-hybridized carbons (Fsp3) is 0.400. The lowest BCUT2D eigenvalue weighted by atomic mass is 9.80. The molecule has 0 amide bonds. The van der Waals surface area contributed by atoms with Gasteiger partial charge in [-0.05, 0) is 65.7 Å². The largest absolute Gasteiger partial charge is 0.317 e. The van der Waals surface area contributed by atoms with Crippen LogP contribution in [0.5, 0.6) is 0 Å². The Balaban J connectivity index is 1.35. The van der Waals surface area contributed by atoms with Gasteiger partial charge < -0.3 is 11.5 Å². The van der Waals surface area contributed by atoms with E-state index in [1.54, 1.807) is 5.57 Å². The van der Waals surface area contributed by atoms with E-state index in [1.807, 2.05) is 0 Å². The van der Waals surface area contributed by atoms with Gasteiger partial charge in [0.15, 0.2) is 0 Å². The molecule has 0 radical (unpaired) electrons. The van der Waals surface area contributed by atoms with Crippen molar-refractivity contribution >= 4 is 0 Å². The van der Waals surface area contributed by atoms with Crippen LogP contribution in [0.2, 0.25) is 0 Å². The third-order valence-electron chi connectivity index (χ3n) is 7.71. The Morgan fingerprint density at radius 2 is 1.73 bits per heavy atom. The van der Waals surface area contributed by atoms with Gasteiger partial charge in [0.25, 0.3) is 0 Å². The molecule has 4 N–H and O–H groups in total. The van der Waals surface area contributed by atoms with E-state index in [0.29, 0.717) is 0 Å². The number of hydrogen-bond donors (Lipinski definition) is 2. The Morgan fingerprint density at radius 3 is 2.27 bits per heavy atom. The van der Waals surface area contributed by atoms with E-state index < -0.39 is 0 Å². The second-order valence-corrected chi connectivity index (χ2v) is 8.13. The zero-order chi connectivity index (χ0) is 15.3. The predicted molar refractivity (Wildman–Crippen MR) is 87.8 cm³/mol. The van der Waals surface area contributed by atoms with Crippen LogP contribution in [0.4, 0.5) is 0 Å². The van der Waals surface area contributed by atoms with Crippen molar-refractivity contribution in [1.29, 1.82) is 0 Å². The first-order chi connectivity index (χ1) is 10.3. The van der Waals surface area contributed by atoms with Crippen LogP contribution in [0.1, 0.15) is 26.7 Å². The molecular weight excluding hydrogens is 268 g/mol. The normalized spacial score (nSPS) is 53.7. The van der Waals surface area contributed by atoms with Crippen molar-refractivity contribution in [1.82, 2.24) is 0 Å². The average Bonchev–Trinajstić information content (AvgIpc) is 3.36. The van der Waals surface area contributed by atoms with Gasteiger partial charge in [-0.3, -0.25) is 0 Å². The van der Waals surface area contributed by atoms with E-state index in [0.717, 1.165) is 0 Å². The van der Waals surface area contributed by atoms with E-state index in [2.05, 4.69) is 44.7 Å². The van der Waals surface area contributed by atoms with E-state index in [-0.39, 0.29) is 21.9 Å². The molecule has 0 aromatic heterocycles. The fourth-order valence-corrected chi connectivity index (χ4v) is 5.54. The number of hydrogen-bond acceptors (Lipinski definition) is 2. The number of nitrogens with two attached hydrogens (primary N) is 2. The Hall–Kier alpha value is -1.64. The van der Waals surface area contributed by atoms with Crippen molar-refractivity contribution in [2.75, 3.05) is 0 Å². The Bertz CT molecular complexity index is 868. The molecule has 0 bridgehead atoms. The lowest BCUT2D eigenvalue weighted by molar-refractivity contribution is 0.794. The highest BCUT2D eigenvalue weighted by Crippen LogP contribution is 2.87. The van der Waals surface area contributed by atoms with Gasteiger partial charge in [-0.15, -0.1) is 0 Å². The van der Waals surface area contributed by atoms with Crippen LogP contribution in [0, 0.1) is 10.8 Å². The van der Waals surface area contributed by atoms with Gasteiger partial charge >= 0.3 is 0 Å². The topological polar surface area (TPSA) is 52.0 Å². The van der Waals surface area contributed by atoms with Gasteiger partial charge in [-0.25, -0.2) is 0 Å². The summed E-state index contributed by atoms with van der Waals surface area (Å²) in [5, 5.41) is 0. The molecular formula is C20H20N2. The summed E-state index contributed by atoms with van der Waals surface area (Å²) in [5.74, 6) is 0. The van der Waals surface area contributed by atoms with Gasteiger partial charge in [0.1, 0.15) is 0 Å². The molecule has 22 heavy (non-hydrogen) atoms. The van der Waals surface area contributed by atoms with E-state index >= 15 is 0 Å². The number of rotatable bonds is 2. The molecule has 5 saturated carbocycles. The maximum absolute atomic E-state index is 6.52. The Labute approximate surface area is 130 Å². The Kier molecular flexibility index (Phi) is 1.44. The molecule has 6 rings (SSSR count). The van der Waals surface area contributed by atoms with Gasteiger partial charge in [0, 0.05) is 10.8 Å². The van der Waals surface area contributed by atoms with Crippen molar-refractivity contribution in [3.63, 3.8) is 0 Å². The number of allylic oxidation sites excluding steroid dienone is 7. The van der Waals surface area contributed by atoms with Crippen molar-refractivity contribution in [2.24, 2.45) is 22.3 Å². The summed E-state index contributed by atoms with van der Waals surface area (Å²) in [6.45, 7) is 8.53. The maximum Gasteiger partial charge on any atom is 0.0744 e. The minimum absolute atomic E-state index is 0.0628. The molecule has 110 valence electrons. The summed E-state index contributed by atoms with van der Waals surface area (Å²) in [6.07, 6.45) is 11.3. The summed E-state index contributed by atoms with van der Waals surface area (Å²) < 4.78 is 0. The van der Waals surface area contributed by atoms with Crippen LogP contribution in [0.15, 0.2) is 69.9 Å². The van der Waals surface area contributed by atoms with Gasteiger partial charge in [0.2, 0.25) is 0 Å². The van der Waals surface area contributed by atoms with Gasteiger partial charge in [-0.1, -0.05) is 30.9 Å². The van der Waals surface area contributed by atoms with E-state index in [1.165, 1.54) is 46.3 Å². The molecule has 0 spiro atoms. The molecule has 6 aliphatic carbocycles. The highest BCUT2D eigenvalue weighted by Gasteiger charge is 2.89. The molecule has 0 saturated heterocycles. The SMILES string of the molecule is C=C1C2(C)/C(=C/C=C/C3=C4CCC4=C4C5(C)C(=C3)C45N)C12N. The van der Waals surface area contributed by atoms with Crippen LogP contribution < -0.4 is 11.5 Å². The van der Waals surface area contributed by atoms with Gasteiger partial charge in [0.05, 0.1) is 11.1 Å². The highest BCUT2D eigenvalue weighted by atomic mass is 15.1. The molecule has 6 aliphatic rings. The average molecular weight is 288 g/mol. The van der Waals surface area contributed by atoms with E-state index in [9.17, 15) is 0 Å². The summed E-state index contributed by atoms with van der Waals surface area (Å²) in [6, 6.07) is 0. The summed E-state index contributed by atoms with van der Waals surface area (Å²) in [7, 11) is 0. The zero-order valence-electron chi connectivity index (χ0n) is 13.1. The minimum Gasteiger partial charge on any atom is -0.317 e. The molecule has 2 heteroatoms. The van der Waals surface area contributed by atoms with Crippen LogP contribution in [-0.2, 0) is 0 Å². The third kappa shape index (κ3) is 0.796. The molecule has 4 unspecified atom stereocenters. The predicted octanol–water partition coefficient (Wildman–Crippen LogP) is 2.81. The van der Waals surface area contributed by atoms with Crippen molar-refractivity contribution in [2.45, 2.75) is 37.8 Å². The lowest BCUT2D eigenvalue weighted by Gasteiger charge is -2.24. The smallest absolute Gasteiger partial charge is 0.0744 e. The first kappa shape index (κ1) is 11.9. The maximum atomic E-state index is 6.52. The zero-order valence-corrected chi connectivity index (χ0v) is 13.1. The first-order valence-electron chi connectivity index (χ1n) is 8.21. The van der Waals surface area contributed by atoms with Crippen molar-refractivity contribution < 1.29 is 0 Å². The van der Waals surface area contributed by atoms with Crippen LogP contribution in [0.25, 0.3) is 0 Å². The Morgan fingerprint density at radius 1 is 1.09 bits per heavy atom. The van der Waals surface area contributed by atoms with Crippen LogP contribution >= 0.6 is 0 Å². The molecule has 0 heterocycles. The molecule has 5 fully saturated rings. The highest BCUT2D eigenvalue weighted by molar-refractivity contribution is 5.89. The van der Waals surface area contributed by atoms with Crippen LogP contribution in [-0.4, -0.2) is 11.1 Å². The molecule has 0 aliphatic heterocycles. The molecule has 2 nitrogen and oxygen atoms in total. The lowest BCUT2D eigenvalue weighted by Crippen LogP contribution is -2.15. The fourth-order valence-electron chi connectivity index (χ4n) is 5.54. The quantitative estimate of drug-likeness (QED) is 0.768. The van der Waals surface area contributed by atoms with E-state index in [4.69, 9.17) is 11.5 Å². The molecule has 4 atom stereocenters. The summed E-state index contributed by atoms with van der Waals surface area (Å²) >= 11 is 0. The second kappa shape index (κ2) is 2.68. The van der Waals surface area contributed by atoms with Crippen LogP contribution in [0.3, 0.4) is 0 Å². The summed E-state index contributed by atoms with van der Waals surface area (Å²) in [5.41, 5.74) is 22.8. The minimum atomic E-state index is -0.179. The second-order valence-electron chi connectivity index (χ2n) is 8.13. The first-order valence-corrected chi connectivity index (χ1v) is 8.21. The summed E-state index contributed by atoms with van der Waals surface area (Å²) in [4.78, 5) is 0. The third-order valence-corrected chi connectivity index (χ3v) is 7.71. The van der Waals surface area contributed by atoms with Crippen molar-refractivity contribution in [3.8, 4) is 0 Å². The monoisotopic (exact) mass is 288 g/mol.